The number of hydrogen-bond acceptors (Lipinski definition) is 5. The summed E-state index contributed by atoms with van der Waals surface area (Å²) in [5.74, 6) is -0.459. The maximum Gasteiger partial charge on any atom is 0.333 e. The van der Waals surface area contributed by atoms with Crippen LogP contribution in [0, 0.1) is 6.92 Å². The predicted molar refractivity (Wildman–Crippen MR) is 83.3 cm³/mol. The second-order valence-corrected chi connectivity index (χ2v) is 4.73. The van der Waals surface area contributed by atoms with Crippen LogP contribution in [0.2, 0.25) is 0 Å². The summed E-state index contributed by atoms with van der Waals surface area (Å²) in [4.78, 5) is 24.3. The molecule has 7 nitrogen and oxygen atoms in total. The van der Waals surface area contributed by atoms with Gasteiger partial charge in [-0.3, -0.25) is 13.9 Å². The van der Waals surface area contributed by atoms with Crippen LogP contribution in [-0.2, 0) is 13.1 Å². The third-order valence-electron chi connectivity index (χ3n) is 3.38. The zero-order valence-corrected chi connectivity index (χ0v) is 12.8. The van der Waals surface area contributed by atoms with E-state index in [1.165, 1.54) is 0 Å². The maximum absolute atomic E-state index is 12.3. The molecular weight excluding hydrogens is 284 g/mol. The van der Waals surface area contributed by atoms with Crippen molar-refractivity contribution in [2.75, 3.05) is 0 Å². The minimum atomic E-state index is -0.646. The van der Waals surface area contributed by atoms with Gasteiger partial charge >= 0.3 is 5.69 Å². The lowest BCUT2D eigenvalue weighted by Crippen LogP contribution is -2.38. The number of benzene rings is 1. The van der Waals surface area contributed by atoms with E-state index in [9.17, 15) is 14.7 Å². The van der Waals surface area contributed by atoms with E-state index >= 15 is 0 Å². The SMILES string of the molecule is CCn1c(O)c(N=Nc2ccccc2C)c(=O)n(CC)c1=O. The smallest absolute Gasteiger partial charge is 0.333 e. The Hall–Kier alpha value is -2.70. The summed E-state index contributed by atoms with van der Waals surface area (Å²) >= 11 is 0. The van der Waals surface area contributed by atoms with E-state index < -0.39 is 17.1 Å². The van der Waals surface area contributed by atoms with Crippen LogP contribution in [0.25, 0.3) is 0 Å². The number of nitrogens with zero attached hydrogens (tertiary/aromatic N) is 4. The minimum Gasteiger partial charge on any atom is -0.493 e. The van der Waals surface area contributed by atoms with Gasteiger partial charge in [0.25, 0.3) is 5.56 Å². The first-order chi connectivity index (χ1) is 10.5. The van der Waals surface area contributed by atoms with Crippen molar-refractivity contribution in [2.45, 2.75) is 33.9 Å². The number of aromatic nitrogens is 2. The first-order valence-electron chi connectivity index (χ1n) is 7.05. The van der Waals surface area contributed by atoms with Crippen molar-refractivity contribution in [1.29, 1.82) is 0 Å². The fourth-order valence-corrected chi connectivity index (χ4v) is 2.11. The monoisotopic (exact) mass is 302 g/mol. The molecule has 0 atom stereocenters. The van der Waals surface area contributed by atoms with Crippen molar-refractivity contribution in [3.05, 3.63) is 50.7 Å². The molecule has 0 unspecified atom stereocenters. The second kappa shape index (κ2) is 6.38. The predicted octanol–water partition coefficient (Wildman–Crippen LogP) is 2.48. The molecule has 2 aromatic rings. The normalized spacial score (nSPS) is 11.2. The number of rotatable bonds is 4. The van der Waals surface area contributed by atoms with Gasteiger partial charge in [-0.05, 0) is 32.4 Å². The van der Waals surface area contributed by atoms with E-state index in [0.717, 1.165) is 14.7 Å². The van der Waals surface area contributed by atoms with Crippen LogP contribution < -0.4 is 11.2 Å². The minimum absolute atomic E-state index is 0.199. The van der Waals surface area contributed by atoms with Crippen molar-refractivity contribution in [2.24, 2.45) is 10.2 Å². The molecule has 0 saturated heterocycles. The van der Waals surface area contributed by atoms with Crippen LogP contribution in [0.4, 0.5) is 11.4 Å². The first kappa shape index (κ1) is 15.7. The fraction of sp³-hybridized carbons (Fsp3) is 0.333. The van der Waals surface area contributed by atoms with Gasteiger partial charge in [-0.25, -0.2) is 4.79 Å². The van der Waals surface area contributed by atoms with E-state index in [1.807, 2.05) is 19.1 Å². The molecular formula is C15H18N4O3. The fourth-order valence-electron chi connectivity index (χ4n) is 2.11. The third kappa shape index (κ3) is 2.69. The largest absolute Gasteiger partial charge is 0.493 e. The molecule has 0 saturated carbocycles. The quantitative estimate of drug-likeness (QED) is 0.880. The van der Waals surface area contributed by atoms with Crippen LogP contribution in [-0.4, -0.2) is 14.2 Å². The lowest BCUT2D eigenvalue weighted by molar-refractivity contribution is 0.397. The van der Waals surface area contributed by atoms with Crippen LogP contribution in [0.1, 0.15) is 19.4 Å². The zero-order chi connectivity index (χ0) is 16.3. The van der Waals surface area contributed by atoms with Crippen LogP contribution in [0.5, 0.6) is 5.88 Å². The second-order valence-electron chi connectivity index (χ2n) is 4.73. The van der Waals surface area contributed by atoms with Gasteiger partial charge in [0.05, 0.1) is 5.69 Å². The molecule has 0 bridgehead atoms. The lowest BCUT2D eigenvalue weighted by atomic mass is 10.2. The summed E-state index contributed by atoms with van der Waals surface area (Å²) in [6.07, 6.45) is 0. The summed E-state index contributed by atoms with van der Waals surface area (Å²) in [6.45, 7) is 5.68. The number of hydrogen-bond donors (Lipinski definition) is 1. The molecule has 0 fully saturated rings. The Morgan fingerprint density at radius 1 is 1.05 bits per heavy atom. The summed E-state index contributed by atoms with van der Waals surface area (Å²) in [7, 11) is 0. The molecule has 0 aliphatic rings. The Kier molecular flexibility index (Phi) is 4.55. The van der Waals surface area contributed by atoms with Gasteiger partial charge in [0.15, 0.2) is 0 Å². The number of aromatic hydroxyl groups is 1. The van der Waals surface area contributed by atoms with Gasteiger partial charge in [0, 0.05) is 13.1 Å². The van der Waals surface area contributed by atoms with E-state index in [2.05, 4.69) is 10.2 Å². The topological polar surface area (TPSA) is 88.9 Å². The third-order valence-corrected chi connectivity index (χ3v) is 3.38. The number of azo groups is 1. The summed E-state index contributed by atoms with van der Waals surface area (Å²) in [6, 6.07) is 7.29. The van der Waals surface area contributed by atoms with Gasteiger partial charge in [-0.15, -0.1) is 10.2 Å². The highest BCUT2D eigenvalue weighted by atomic mass is 16.3. The molecule has 0 spiro atoms. The highest BCUT2D eigenvalue weighted by molar-refractivity contribution is 5.47. The Morgan fingerprint density at radius 2 is 1.68 bits per heavy atom. The lowest BCUT2D eigenvalue weighted by Gasteiger charge is -2.10. The molecule has 0 amide bonds. The van der Waals surface area contributed by atoms with Crippen LogP contribution in [0.15, 0.2) is 44.1 Å². The molecule has 1 heterocycles. The Bertz CT molecular complexity index is 834. The average Bonchev–Trinajstić information content (AvgIpc) is 2.49. The van der Waals surface area contributed by atoms with Gasteiger partial charge < -0.3 is 5.11 Å². The van der Waals surface area contributed by atoms with Crippen LogP contribution >= 0.6 is 0 Å². The Morgan fingerprint density at radius 3 is 2.27 bits per heavy atom. The Balaban J connectivity index is 2.64. The van der Waals surface area contributed by atoms with Crippen molar-refractivity contribution < 1.29 is 5.11 Å². The molecule has 0 radical (unpaired) electrons. The zero-order valence-electron chi connectivity index (χ0n) is 12.8. The van der Waals surface area contributed by atoms with E-state index in [-0.39, 0.29) is 18.8 Å². The van der Waals surface area contributed by atoms with Gasteiger partial charge in [0.2, 0.25) is 11.6 Å². The average molecular weight is 302 g/mol. The van der Waals surface area contributed by atoms with Crippen molar-refractivity contribution in [3.63, 3.8) is 0 Å². The van der Waals surface area contributed by atoms with Crippen LogP contribution in [0.3, 0.4) is 0 Å². The van der Waals surface area contributed by atoms with Crippen molar-refractivity contribution in [1.82, 2.24) is 9.13 Å². The number of aryl methyl sites for hydroxylation is 1. The van der Waals surface area contributed by atoms with Gasteiger partial charge in [-0.2, -0.15) is 0 Å². The van der Waals surface area contributed by atoms with E-state index in [1.54, 1.807) is 26.0 Å². The highest BCUT2D eigenvalue weighted by Gasteiger charge is 2.17. The molecule has 0 aliphatic heterocycles. The standard InChI is InChI=1S/C15H18N4O3/c1-4-18-13(20)12(14(21)19(5-2)15(18)22)17-16-11-9-7-6-8-10(11)3/h6-9,20H,4-5H2,1-3H3. The molecule has 22 heavy (non-hydrogen) atoms. The molecule has 116 valence electrons. The highest BCUT2D eigenvalue weighted by Crippen LogP contribution is 2.24. The molecule has 1 N–H and O–H groups in total. The molecule has 1 aromatic carbocycles. The molecule has 7 heteroatoms. The van der Waals surface area contributed by atoms with E-state index in [0.29, 0.717) is 5.69 Å². The van der Waals surface area contributed by atoms with Gasteiger partial charge in [0.1, 0.15) is 0 Å². The molecule has 0 aliphatic carbocycles. The molecule has 1 aromatic heterocycles. The van der Waals surface area contributed by atoms with Gasteiger partial charge in [-0.1, -0.05) is 18.2 Å². The molecule has 2 rings (SSSR count). The maximum atomic E-state index is 12.3. The first-order valence-corrected chi connectivity index (χ1v) is 7.05. The van der Waals surface area contributed by atoms with E-state index in [4.69, 9.17) is 0 Å². The summed E-state index contributed by atoms with van der Waals surface area (Å²) < 4.78 is 2.12. The Labute approximate surface area is 127 Å². The summed E-state index contributed by atoms with van der Waals surface area (Å²) in [5, 5.41) is 18.0. The summed E-state index contributed by atoms with van der Waals surface area (Å²) in [5.41, 5.74) is 0.0601. The van der Waals surface area contributed by atoms with Crippen molar-refractivity contribution in [3.8, 4) is 5.88 Å². The van der Waals surface area contributed by atoms with Crippen molar-refractivity contribution >= 4 is 11.4 Å².